The van der Waals surface area contributed by atoms with Gasteiger partial charge in [-0.25, -0.2) is 14.2 Å². The number of aryl methyl sites for hydroxylation is 1. The van der Waals surface area contributed by atoms with Gasteiger partial charge in [0.2, 0.25) is 0 Å². The Morgan fingerprint density at radius 1 is 1.14 bits per heavy atom. The van der Waals surface area contributed by atoms with E-state index in [1.165, 1.54) is 6.07 Å². The Morgan fingerprint density at radius 3 is 2.55 bits per heavy atom. The van der Waals surface area contributed by atoms with E-state index in [1.807, 2.05) is 23.1 Å². The van der Waals surface area contributed by atoms with Crippen molar-refractivity contribution in [1.82, 2.24) is 34.7 Å². The number of fused-ring (bicyclic) bond motifs is 2. The van der Waals surface area contributed by atoms with Gasteiger partial charge in [-0.3, -0.25) is 14.6 Å². The summed E-state index contributed by atoms with van der Waals surface area (Å²) in [4.78, 5) is 28.7. The Morgan fingerprint density at radius 2 is 1.88 bits per heavy atom. The van der Waals surface area contributed by atoms with E-state index in [0.29, 0.717) is 29.0 Å². The third-order valence-corrected chi connectivity index (χ3v) is 6.43. The van der Waals surface area contributed by atoms with Crippen molar-refractivity contribution in [3.63, 3.8) is 0 Å². The molecule has 1 fully saturated rings. The molecule has 4 aromatic heterocycles. The molecule has 1 saturated heterocycles. The molecule has 42 heavy (non-hydrogen) atoms. The van der Waals surface area contributed by atoms with Crippen molar-refractivity contribution in [3.05, 3.63) is 71.8 Å². The zero-order valence-corrected chi connectivity index (χ0v) is 22.1. The number of carboxylic acids is 1. The minimum atomic E-state index is -5.08. The highest BCUT2D eigenvalue weighted by Gasteiger charge is 2.38. The number of aliphatic carboxylic acids is 1. The zero-order valence-electron chi connectivity index (χ0n) is 22.1. The molecule has 6 rings (SSSR count). The fourth-order valence-electron chi connectivity index (χ4n) is 4.58. The third kappa shape index (κ3) is 6.17. The van der Waals surface area contributed by atoms with E-state index in [-0.39, 0.29) is 11.6 Å². The van der Waals surface area contributed by atoms with Gasteiger partial charge in [0.15, 0.2) is 11.5 Å². The SMILES string of the molecule is Cc1cn2cc(NC(=O)c3ccc(N4CCNCC4)c4cn(Cc5cn[nH]c5)nc34)cc(F)c2n1.O=C(O)C(F)(F)F. The lowest BCUT2D eigenvalue weighted by Gasteiger charge is -2.30. The molecule has 0 bridgehead atoms. The normalized spacial score (nSPS) is 13.7. The van der Waals surface area contributed by atoms with Gasteiger partial charge < -0.3 is 25.0 Å². The number of imidazole rings is 1. The van der Waals surface area contributed by atoms with Crippen LogP contribution in [0.4, 0.5) is 28.9 Å². The van der Waals surface area contributed by atoms with E-state index < -0.39 is 18.0 Å². The lowest BCUT2D eigenvalue weighted by molar-refractivity contribution is -0.192. The van der Waals surface area contributed by atoms with Crippen LogP contribution in [0.15, 0.2) is 49.2 Å². The number of carboxylic acid groups (broad SMARTS) is 1. The second-order valence-electron chi connectivity index (χ2n) is 9.51. The minimum absolute atomic E-state index is 0.223. The second-order valence-corrected chi connectivity index (χ2v) is 9.51. The standard InChI is InChI=1S/C24H24FN9O.C2HF3O2/c1-15-11-33-13-17(8-20(25)23(33)29-15)30-24(35)18-2-3-21(32-6-4-26-5-7-32)19-14-34(31-22(18)19)12-16-9-27-28-10-16;3-2(4,5)1(6)7/h2-3,8-11,13-14,26H,4-7,12H2,1H3,(H,27,28)(H,30,35);(H,6,7). The number of rotatable bonds is 5. The monoisotopic (exact) mass is 587 g/mol. The molecule has 220 valence electrons. The molecule has 0 radical (unpaired) electrons. The summed E-state index contributed by atoms with van der Waals surface area (Å²) >= 11 is 0. The van der Waals surface area contributed by atoms with Gasteiger partial charge in [-0.2, -0.15) is 23.4 Å². The van der Waals surface area contributed by atoms with Crippen molar-refractivity contribution < 1.29 is 32.3 Å². The molecule has 1 amide bonds. The van der Waals surface area contributed by atoms with Gasteiger partial charge in [-0.1, -0.05) is 0 Å². The molecule has 0 spiro atoms. The number of amides is 1. The number of carbonyl (C=O) groups excluding carboxylic acids is 1. The number of pyridine rings is 1. The maximum Gasteiger partial charge on any atom is 0.490 e. The van der Waals surface area contributed by atoms with E-state index in [4.69, 9.17) is 15.0 Å². The van der Waals surface area contributed by atoms with Crippen LogP contribution in [-0.2, 0) is 11.3 Å². The number of piperazine rings is 1. The number of aromatic amines is 1. The summed E-state index contributed by atoms with van der Waals surface area (Å²) in [6, 6.07) is 5.04. The number of benzene rings is 1. The van der Waals surface area contributed by atoms with Crippen molar-refractivity contribution in [3.8, 4) is 0 Å². The summed E-state index contributed by atoms with van der Waals surface area (Å²) < 4.78 is 49.7. The number of anilines is 2. The van der Waals surface area contributed by atoms with Crippen molar-refractivity contribution in [2.45, 2.75) is 19.6 Å². The van der Waals surface area contributed by atoms with Crippen molar-refractivity contribution in [2.75, 3.05) is 36.4 Å². The van der Waals surface area contributed by atoms with Crippen LogP contribution in [0.5, 0.6) is 0 Å². The van der Waals surface area contributed by atoms with Gasteiger partial charge in [-0.05, 0) is 19.1 Å². The fourth-order valence-corrected chi connectivity index (χ4v) is 4.58. The molecule has 0 atom stereocenters. The first kappa shape index (κ1) is 28.5. The number of H-pyrrole nitrogens is 1. The maximum atomic E-state index is 14.5. The highest BCUT2D eigenvalue weighted by atomic mass is 19.4. The smallest absolute Gasteiger partial charge is 0.475 e. The van der Waals surface area contributed by atoms with Gasteiger partial charge >= 0.3 is 12.1 Å². The minimum Gasteiger partial charge on any atom is -0.475 e. The van der Waals surface area contributed by atoms with Crippen LogP contribution in [0.3, 0.4) is 0 Å². The zero-order chi connectivity index (χ0) is 30.0. The first-order chi connectivity index (χ1) is 20.0. The third-order valence-electron chi connectivity index (χ3n) is 6.43. The number of nitrogens with one attached hydrogen (secondary N) is 3. The predicted molar refractivity (Wildman–Crippen MR) is 144 cm³/mol. The van der Waals surface area contributed by atoms with E-state index in [9.17, 15) is 22.4 Å². The lowest BCUT2D eigenvalue weighted by atomic mass is 10.1. The van der Waals surface area contributed by atoms with Crippen LogP contribution in [0, 0.1) is 12.7 Å². The first-order valence-corrected chi connectivity index (χ1v) is 12.7. The lowest BCUT2D eigenvalue weighted by Crippen LogP contribution is -2.43. The molecule has 1 aromatic carbocycles. The summed E-state index contributed by atoms with van der Waals surface area (Å²) in [7, 11) is 0. The highest BCUT2D eigenvalue weighted by molar-refractivity contribution is 6.13. The van der Waals surface area contributed by atoms with Crippen LogP contribution >= 0.6 is 0 Å². The molecule has 12 nitrogen and oxygen atoms in total. The Labute approximate surface area is 234 Å². The van der Waals surface area contributed by atoms with Crippen molar-refractivity contribution >= 4 is 39.8 Å². The quantitative estimate of drug-likeness (QED) is 0.230. The average Bonchev–Trinajstić information content (AvgIpc) is 3.68. The molecule has 0 aliphatic carbocycles. The Kier molecular flexibility index (Phi) is 7.80. The number of carbonyl (C=O) groups is 2. The van der Waals surface area contributed by atoms with Gasteiger partial charge in [0.05, 0.1) is 29.7 Å². The summed E-state index contributed by atoms with van der Waals surface area (Å²) in [6.45, 7) is 5.86. The molecule has 1 aliphatic heterocycles. The number of alkyl halides is 3. The molecule has 16 heteroatoms. The van der Waals surface area contributed by atoms with Gasteiger partial charge in [0, 0.05) is 73.7 Å². The topological polar surface area (TPSA) is 145 Å². The summed E-state index contributed by atoms with van der Waals surface area (Å²) in [5.41, 5.74) is 4.30. The van der Waals surface area contributed by atoms with Crippen molar-refractivity contribution in [2.24, 2.45) is 0 Å². The van der Waals surface area contributed by atoms with Gasteiger partial charge in [0.1, 0.15) is 5.52 Å². The second kappa shape index (κ2) is 11.5. The molecule has 0 unspecified atom stereocenters. The number of hydrogen-bond acceptors (Lipinski definition) is 7. The maximum absolute atomic E-state index is 14.5. The number of halogens is 4. The van der Waals surface area contributed by atoms with Gasteiger partial charge in [0.25, 0.3) is 5.91 Å². The molecule has 0 saturated carbocycles. The number of aromatic nitrogens is 6. The predicted octanol–water partition coefficient (Wildman–Crippen LogP) is 3.20. The molecule has 4 N–H and O–H groups in total. The highest BCUT2D eigenvalue weighted by Crippen LogP contribution is 2.30. The van der Waals surface area contributed by atoms with Crippen molar-refractivity contribution in [1.29, 1.82) is 0 Å². The largest absolute Gasteiger partial charge is 0.490 e. The van der Waals surface area contributed by atoms with E-state index in [0.717, 1.165) is 42.8 Å². The van der Waals surface area contributed by atoms with Crippen LogP contribution in [0.1, 0.15) is 21.6 Å². The van der Waals surface area contributed by atoms with E-state index >= 15 is 0 Å². The Bertz CT molecular complexity index is 1740. The molecule has 5 aromatic rings. The fraction of sp³-hybridized carbons (Fsp3) is 0.269. The van der Waals surface area contributed by atoms with Crippen LogP contribution in [0.2, 0.25) is 0 Å². The summed E-state index contributed by atoms with van der Waals surface area (Å²) in [5.74, 6) is -3.61. The molecule has 1 aliphatic rings. The molecule has 5 heterocycles. The Hall–Kier alpha value is -4.99. The van der Waals surface area contributed by atoms with Crippen LogP contribution in [-0.4, -0.2) is 78.7 Å². The molecular formula is C26H25F4N9O3. The van der Waals surface area contributed by atoms with Gasteiger partial charge in [-0.15, -0.1) is 0 Å². The number of nitrogens with zero attached hydrogens (tertiary/aromatic N) is 6. The summed E-state index contributed by atoms with van der Waals surface area (Å²) in [5, 5.41) is 25.8. The first-order valence-electron chi connectivity index (χ1n) is 12.7. The summed E-state index contributed by atoms with van der Waals surface area (Å²) in [6.07, 6.45) is 3.82. The average molecular weight is 588 g/mol. The number of hydrogen-bond donors (Lipinski definition) is 4. The van der Waals surface area contributed by atoms with Crippen LogP contribution < -0.4 is 15.5 Å². The van der Waals surface area contributed by atoms with Crippen LogP contribution in [0.25, 0.3) is 16.6 Å². The van der Waals surface area contributed by atoms with E-state index in [1.54, 1.807) is 36.0 Å². The Balaban J connectivity index is 0.000000451. The molecular weight excluding hydrogens is 562 g/mol. The van der Waals surface area contributed by atoms with E-state index in [2.05, 4.69) is 30.7 Å².